The van der Waals surface area contributed by atoms with E-state index < -0.39 is 0 Å². The Kier molecular flexibility index (Phi) is 7.12. The van der Waals surface area contributed by atoms with Gasteiger partial charge in [0.05, 0.1) is 12.0 Å². The van der Waals surface area contributed by atoms with Gasteiger partial charge in [-0.25, -0.2) is 0 Å². The molecular formula is C13H24BrNO2. The van der Waals surface area contributed by atoms with E-state index in [0.717, 1.165) is 50.7 Å². The molecule has 1 aliphatic heterocycles. The summed E-state index contributed by atoms with van der Waals surface area (Å²) in [6.45, 7) is 6.69. The quantitative estimate of drug-likeness (QED) is 0.677. The second-order valence-electron chi connectivity index (χ2n) is 4.58. The van der Waals surface area contributed by atoms with Gasteiger partial charge in [0.2, 0.25) is 5.91 Å². The van der Waals surface area contributed by atoms with Gasteiger partial charge in [-0.15, -0.1) is 0 Å². The average molecular weight is 306 g/mol. The van der Waals surface area contributed by atoms with Gasteiger partial charge in [0.25, 0.3) is 0 Å². The number of unbranched alkanes of at least 4 members (excludes halogenated alkanes) is 1. The van der Waals surface area contributed by atoms with Gasteiger partial charge >= 0.3 is 0 Å². The van der Waals surface area contributed by atoms with E-state index in [-0.39, 0.29) is 12.0 Å². The summed E-state index contributed by atoms with van der Waals surface area (Å²) in [6.07, 6.45) is 4.18. The first-order valence-corrected chi connectivity index (χ1v) is 7.83. The van der Waals surface area contributed by atoms with Crippen molar-refractivity contribution >= 4 is 21.8 Å². The number of nitrogens with zero attached hydrogens (tertiary/aromatic N) is 1. The van der Waals surface area contributed by atoms with Crippen LogP contribution in [-0.2, 0) is 9.53 Å². The van der Waals surface area contributed by atoms with Crippen LogP contribution < -0.4 is 0 Å². The van der Waals surface area contributed by atoms with Crippen molar-refractivity contribution in [2.24, 2.45) is 5.92 Å². The third-order valence-electron chi connectivity index (χ3n) is 3.38. The molecule has 1 saturated heterocycles. The maximum Gasteiger partial charge on any atom is 0.228 e. The van der Waals surface area contributed by atoms with Crippen LogP contribution in [0.2, 0.25) is 0 Å². The smallest absolute Gasteiger partial charge is 0.228 e. The van der Waals surface area contributed by atoms with Gasteiger partial charge in [-0.05, 0) is 19.3 Å². The summed E-state index contributed by atoms with van der Waals surface area (Å²) in [6, 6.07) is 0. The SMILES string of the molecule is CCCCN(CCBr)C(=O)C1CCOC1CC. The lowest BCUT2D eigenvalue weighted by molar-refractivity contribution is -0.137. The Balaban J connectivity index is 2.56. The van der Waals surface area contributed by atoms with Crippen LogP contribution in [0.1, 0.15) is 39.5 Å². The topological polar surface area (TPSA) is 29.5 Å². The molecule has 4 heteroatoms. The lowest BCUT2D eigenvalue weighted by Crippen LogP contribution is -2.40. The summed E-state index contributed by atoms with van der Waals surface area (Å²) < 4.78 is 5.61. The minimum absolute atomic E-state index is 0.0934. The second kappa shape index (κ2) is 8.09. The zero-order valence-electron chi connectivity index (χ0n) is 11.0. The lowest BCUT2D eigenvalue weighted by atomic mass is 9.98. The Morgan fingerprint density at radius 3 is 2.76 bits per heavy atom. The molecule has 0 aromatic heterocycles. The molecule has 0 N–H and O–H groups in total. The number of halogens is 1. The first kappa shape index (κ1) is 15.0. The van der Waals surface area contributed by atoms with Gasteiger partial charge < -0.3 is 9.64 Å². The van der Waals surface area contributed by atoms with E-state index in [0.29, 0.717) is 5.91 Å². The highest BCUT2D eigenvalue weighted by molar-refractivity contribution is 9.09. The predicted molar refractivity (Wildman–Crippen MR) is 73.4 cm³/mol. The number of amides is 1. The highest BCUT2D eigenvalue weighted by atomic mass is 79.9. The molecule has 1 aliphatic rings. The molecule has 0 saturated carbocycles. The monoisotopic (exact) mass is 305 g/mol. The third-order valence-corrected chi connectivity index (χ3v) is 3.73. The van der Waals surface area contributed by atoms with Crippen molar-refractivity contribution in [2.45, 2.75) is 45.6 Å². The maximum atomic E-state index is 12.4. The van der Waals surface area contributed by atoms with Gasteiger partial charge in [-0.3, -0.25) is 4.79 Å². The van der Waals surface area contributed by atoms with Crippen LogP contribution in [0.4, 0.5) is 0 Å². The Morgan fingerprint density at radius 1 is 1.41 bits per heavy atom. The molecule has 2 atom stereocenters. The van der Waals surface area contributed by atoms with Crippen molar-refractivity contribution in [3.63, 3.8) is 0 Å². The highest BCUT2D eigenvalue weighted by Crippen LogP contribution is 2.25. The largest absolute Gasteiger partial charge is 0.377 e. The third kappa shape index (κ3) is 4.25. The standard InChI is InChI=1S/C13H24BrNO2/c1-3-5-8-15(9-7-14)13(16)11-6-10-17-12(11)4-2/h11-12H,3-10H2,1-2H3. The van der Waals surface area contributed by atoms with E-state index in [9.17, 15) is 4.79 Å². The molecule has 0 radical (unpaired) electrons. The molecule has 17 heavy (non-hydrogen) atoms. The van der Waals surface area contributed by atoms with E-state index >= 15 is 0 Å². The summed E-state index contributed by atoms with van der Waals surface area (Å²) in [5.41, 5.74) is 0. The van der Waals surface area contributed by atoms with E-state index in [1.54, 1.807) is 0 Å². The number of ether oxygens (including phenoxy) is 1. The number of carbonyl (C=O) groups is 1. The first-order valence-electron chi connectivity index (χ1n) is 6.70. The fraction of sp³-hybridized carbons (Fsp3) is 0.923. The van der Waals surface area contributed by atoms with Gasteiger partial charge in [-0.2, -0.15) is 0 Å². The number of alkyl halides is 1. The van der Waals surface area contributed by atoms with E-state index in [1.807, 2.05) is 4.90 Å². The molecule has 0 aromatic carbocycles. The maximum absolute atomic E-state index is 12.4. The molecule has 0 spiro atoms. The second-order valence-corrected chi connectivity index (χ2v) is 5.37. The van der Waals surface area contributed by atoms with Crippen molar-refractivity contribution in [2.75, 3.05) is 25.0 Å². The van der Waals surface area contributed by atoms with Crippen molar-refractivity contribution < 1.29 is 9.53 Å². The lowest BCUT2D eigenvalue weighted by Gasteiger charge is -2.26. The molecule has 1 heterocycles. The molecule has 1 amide bonds. The summed E-state index contributed by atoms with van der Waals surface area (Å²) in [5.74, 6) is 0.387. The fourth-order valence-electron chi connectivity index (χ4n) is 2.35. The van der Waals surface area contributed by atoms with Crippen molar-refractivity contribution in [1.29, 1.82) is 0 Å². The van der Waals surface area contributed by atoms with Gasteiger partial charge in [0, 0.05) is 25.0 Å². The van der Waals surface area contributed by atoms with Crippen LogP contribution in [-0.4, -0.2) is 41.9 Å². The normalized spacial score (nSPS) is 23.9. The highest BCUT2D eigenvalue weighted by Gasteiger charge is 2.35. The Hall–Kier alpha value is -0.0900. The van der Waals surface area contributed by atoms with E-state index in [4.69, 9.17) is 4.74 Å². The molecule has 0 aromatic rings. The first-order chi connectivity index (χ1) is 8.24. The minimum Gasteiger partial charge on any atom is -0.377 e. The molecule has 100 valence electrons. The fourth-order valence-corrected chi connectivity index (χ4v) is 2.78. The number of rotatable bonds is 7. The number of hydrogen-bond acceptors (Lipinski definition) is 2. The number of carbonyl (C=O) groups excluding carboxylic acids is 1. The molecular weight excluding hydrogens is 282 g/mol. The summed E-state index contributed by atoms with van der Waals surface area (Å²) in [7, 11) is 0. The average Bonchev–Trinajstić information content (AvgIpc) is 2.81. The molecule has 0 bridgehead atoms. The zero-order valence-corrected chi connectivity index (χ0v) is 12.5. The van der Waals surface area contributed by atoms with Gasteiger partial charge in [-0.1, -0.05) is 36.2 Å². The van der Waals surface area contributed by atoms with Crippen LogP contribution in [0.15, 0.2) is 0 Å². The van der Waals surface area contributed by atoms with Crippen LogP contribution in [0, 0.1) is 5.92 Å². The van der Waals surface area contributed by atoms with Crippen molar-refractivity contribution in [3.05, 3.63) is 0 Å². The Bertz CT molecular complexity index is 235. The summed E-state index contributed by atoms with van der Waals surface area (Å²) in [4.78, 5) is 14.4. The Morgan fingerprint density at radius 2 is 2.18 bits per heavy atom. The number of hydrogen-bond donors (Lipinski definition) is 0. The molecule has 1 fully saturated rings. The van der Waals surface area contributed by atoms with E-state index in [1.165, 1.54) is 0 Å². The van der Waals surface area contributed by atoms with Crippen LogP contribution in [0.5, 0.6) is 0 Å². The van der Waals surface area contributed by atoms with Crippen LogP contribution in [0.3, 0.4) is 0 Å². The minimum atomic E-state index is 0.0934. The predicted octanol–water partition coefficient (Wildman–Crippen LogP) is 2.83. The molecule has 0 aliphatic carbocycles. The molecule has 3 nitrogen and oxygen atoms in total. The van der Waals surface area contributed by atoms with Crippen LogP contribution in [0.25, 0.3) is 0 Å². The van der Waals surface area contributed by atoms with Crippen molar-refractivity contribution in [1.82, 2.24) is 4.90 Å². The molecule has 2 unspecified atom stereocenters. The molecule has 1 rings (SSSR count). The van der Waals surface area contributed by atoms with E-state index in [2.05, 4.69) is 29.8 Å². The summed E-state index contributed by atoms with van der Waals surface area (Å²) >= 11 is 3.43. The van der Waals surface area contributed by atoms with Gasteiger partial charge in [0.1, 0.15) is 0 Å². The summed E-state index contributed by atoms with van der Waals surface area (Å²) in [5, 5.41) is 0.854. The van der Waals surface area contributed by atoms with Crippen LogP contribution >= 0.6 is 15.9 Å². The van der Waals surface area contributed by atoms with Crippen molar-refractivity contribution in [3.8, 4) is 0 Å². The Labute approximate surface area is 113 Å². The zero-order chi connectivity index (χ0) is 12.7. The van der Waals surface area contributed by atoms with Gasteiger partial charge in [0.15, 0.2) is 0 Å².